The zero-order chi connectivity index (χ0) is 16.8. The van der Waals surface area contributed by atoms with Crippen LogP contribution in [0.1, 0.15) is 27.2 Å². The first-order chi connectivity index (χ1) is 11.0. The number of amides is 1. The van der Waals surface area contributed by atoms with Crippen LogP contribution in [0.3, 0.4) is 0 Å². The Balaban J connectivity index is 1.86. The fraction of sp³-hybridized carbons (Fsp3) is 0.312. The van der Waals surface area contributed by atoms with E-state index in [1.54, 1.807) is 14.0 Å². The van der Waals surface area contributed by atoms with Gasteiger partial charge in [0.2, 0.25) is 0 Å². The predicted molar refractivity (Wildman–Crippen MR) is 89.7 cm³/mol. The second-order valence-electron chi connectivity index (χ2n) is 5.00. The van der Waals surface area contributed by atoms with Gasteiger partial charge in [0.15, 0.2) is 6.61 Å². The van der Waals surface area contributed by atoms with Crippen LogP contribution in [0.25, 0.3) is 0 Å². The molecule has 0 fully saturated rings. The molecule has 0 aliphatic rings. The van der Waals surface area contributed by atoms with Gasteiger partial charge in [-0.2, -0.15) is 4.37 Å². The van der Waals surface area contributed by atoms with Crippen molar-refractivity contribution in [3.8, 4) is 0 Å². The maximum Gasteiger partial charge on any atom is 0.343 e. The third-order valence-corrected chi connectivity index (χ3v) is 4.32. The number of esters is 1. The molecule has 0 spiro atoms. The number of benzene rings is 1. The van der Waals surface area contributed by atoms with E-state index in [4.69, 9.17) is 4.74 Å². The van der Waals surface area contributed by atoms with Gasteiger partial charge in [-0.15, -0.1) is 0 Å². The predicted octanol–water partition coefficient (Wildman–Crippen LogP) is 2.27. The number of aromatic nitrogens is 1. The van der Waals surface area contributed by atoms with Crippen molar-refractivity contribution in [2.75, 3.05) is 19.0 Å². The topological polar surface area (TPSA) is 80.3 Å². The average molecular weight is 333 g/mol. The number of hydrogen-bond donors (Lipinski definition) is 2. The van der Waals surface area contributed by atoms with Crippen molar-refractivity contribution in [3.63, 3.8) is 0 Å². The molecule has 0 atom stereocenters. The van der Waals surface area contributed by atoms with Gasteiger partial charge in [0, 0.05) is 13.6 Å². The summed E-state index contributed by atoms with van der Waals surface area (Å²) < 4.78 is 9.16. The van der Waals surface area contributed by atoms with E-state index in [0.717, 1.165) is 11.1 Å². The van der Waals surface area contributed by atoms with Crippen molar-refractivity contribution in [1.82, 2.24) is 9.69 Å². The Morgan fingerprint density at radius 1 is 1.26 bits per heavy atom. The molecule has 122 valence electrons. The van der Waals surface area contributed by atoms with Gasteiger partial charge < -0.3 is 15.4 Å². The first-order valence-electron chi connectivity index (χ1n) is 7.15. The first-order valence-corrected chi connectivity index (χ1v) is 7.92. The van der Waals surface area contributed by atoms with E-state index in [0.29, 0.717) is 22.8 Å². The van der Waals surface area contributed by atoms with E-state index in [9.17, 15) is 9.59 Å². The highest BCUT2D eigenvalue weighted by molar-refractivity contribution is 7.10. The molecular formula is C16H19N3O3S. The highest BCUT2D eigenvalue weighted by atomic mass is 32.1. The number of carbonyl (C=O) groups is 2. The number of aryl methyl sites for hydroxylation is 2. The number of carbonyl (C=O) groups excluding carboxylic acids is 2. The molecule has 2 aromatic rings. The Morgan fingerprint density at radius 3 is 2.70 bits per heavy atom. The molecule has 0 aliphatic carbocycles. The minimum absolute atomic E-state index is 0.316. The summed E-state index contributed by atoms with van der Waals surface area (Å²) in [4.78, 5) is 23.9. The summed E-state index contributed by atoms with van der Waals surface area (Å²) in [5.74, 6) is -0.889. The van der Waals surface area contributed by atoms with E-state index in [1.807, 2.05) is 31.2 Å². The Bertz CT molecular complexity index is 712. The van der Waals surface area contributed by atoms with E-state index in [-0.39, 0.29) is 12.5 Å². The molecule has 2 rings (SSSR count). The zero-order valence-corrected chi connectivity index (χ0v) is 14.1. The minimum atomic E-state index is -0.549. The largest absolute Gasteiger partial charge is 0.452 e. The summed E-state index contributed by atoms with van der Waals surface area (Å²) in [6.07, 6.45) is 0. The quantitative estimate of drug-likeness (QED) is 0.793. The summed E-state index contributed by atoms with van der Waals surface area (Å²) in [5.41, 5.74) is 3.10. The number of nitrogens with zero attached hydrogens (tertiary/aromatic N) is 1. The normalized spacial score (nSPS) is 10.2. The van der Waals surface area contributed by atoms with Crippen molar-refractivity contribution < 1.29 is 14.3 Å². The third kappa shape index (κ3) is 4.29. The van der Waals surface area contributed by atoms with E-state index in [2.05, 4.69) is 15.0 Å². The molecule has 1 aromatic heterocycles. The summed E-state index contributed by atoms with van der Waals surface area (Å²) >= 11 is 1.19. The van der Waals surface area contributed by atoms with Gasteiger partial charge in [0.1, 0.15) is 10.6 Å². The number of nitrogens with one attached hydrogen (secondary N) is 2. The second kappa shape index (κ2) is 7.73. The maximum absolute atomic E-state index is 12.1. The van der Waals surface area contributed by atoms with Crippen LogP contribution < -0.4 is 10.6 Å². The highest BCUT2D eigenvalue weighted by Crippen LogP contribution is 2.24. The Morgan fingerprint density at radius 2 is 2.00 bits per heavy atom. The Labute approximate surface area is 139 Å². The van der Waals surface area contributed by atoms with Crippen molar-refractivity contribution in [3.05, 3.63) is 46.6 Å². The number of hydrogen-bond acceptors (Lipinski definition) is 6. The molecule has 1 amide bonds. The lowest BCUT2D eigenvalue weighted by molar-refractivity contribution is -0.124. The molecule has 0 saturated heterocycles. The lowest BCUT2D eigenvalue weighted by Gasteiger charge is -2.09. The molecular weight excluding hydrogens is 314 g/mol. The van der Waals surface area contributed by atoms with Gasteiger partial charge in [-0.3, -0.25) is 4.79 Å². The van der Waals surface area contributed by atoms with Crippen LogP contribution in [0, 0.1) is 13.8 Å². The van der Waals surface area contributed by atoms with Gasteiger partial charge in [-0.05, 0) is 36.5 Å². The van der Waals surface area contributed by atoms with Crippen molar-refractivity contribution in [2.45, 2.75) is 20.4 Å². The minimum Gasteiger partial charge on any atom is -0.452 e. The monoisotopic (exact) mass is 333 g/mol. The number of ether oxygens (including phenoxy) is 1. The molecule has 23 heavy (non-hydrogen) atoms. The van der Waals surface area contributed by atoms with E-state index >= 15 is 0 Å². The molecule has 0 radical (unpaired) electrons. The summed E-state index contributed by atoms with van der Waals surface area (Å²) in [7, 11) is 1.71. The standard InChI is InChI=1S/C16H19N3O3S/c1-10-6-4-5-7-12(10)8-18-13(20)9-22-16(21)14-11(2)19-23-15(14)17-3/h4-7,17H,8-9H2,1-3H3,(H,18,20). The molecule has 1 aromatic carbocycles. The lowest BCUT2D eigenvalue weighted by atomic mass is 10.1. The van der Waals surface area contributed by atoms with Crippen LogP contribution in [0.4, 0.5) is 5.00 Å². The van der Waals surface area contributed by atoms with Crippen LogP contribution in [0.5, 0.6) is 0 Å². The Hall–Kier alpha value is -2.41. The summed E-state index contributed by atoms with van der Waals surface area (Å²) in [6.45, 7) is 3.80. The van der Waals surface area contributed by atoms with Gasteiger partial charge in [-0.1, -0.05) is 24.3 Å². The van der Waals surface area contributed by atoms with Crippen LogP contribution in [-0.4, -0.2) is 29.9 Å². The molecule has 0 unspecified atom stereocenters. The highest BCUT2D eigenvalue weighted by Gasteiger charge is 2.20. The average Bonchev–Trinajstić information content (AvgIpc) is 2.92. The van der Waals surface area contributed by atoms with Gasteiger partial charge >= 0.3 is 5.97 Å². The Kier molecular flexibility index (Phi) is 5.70. The fourth-order valence-corrected chi connectivity index (χ4v) is 2.77. The molecule has 7 heteroatoms. The van der Waals surface area contributed by atoms with Crippen LogP contribution >= 0.6 is 11.5 Å². The third-order valence-electron chi connectivity index (χ3n) is 3.37. The maximum atomic E-state index is 12.1. The molecule has 0 aliphatic heterocycles. The number of rotatable bonds is 6. The zero-order valence-electron chi connectivity index (χ0n) is 13.3. The summed E-state index contributed by atoms with van der Waals surface area (Å²) in [5, 5.41) is 6.26. The van der Waals surface area contributed by atoms with Crippen molar-refractivity contribution >= 4 is 28.4 Å². The molecule has 1 heterocycles. The molecule has 0 bridgehead atoms. The van der Waals surface area contributed by atoms with E-state index < -0.39 is 5.97 Å². The fourth-order valence-electron chi connectivity index (χ4n) is 2.04. The van der Waals surface area contributed by atoms with Crippen molar-refractivity contribution in [2.24, 2.45) is 0 Å². The smallest absolute Gasteiger partial charge is 0.343 e. The van der Waals surface area contributed by atoms with Gasteiger partial charge in [0.25, 0.3) is 5.91 Å². The number of anilines is 1. The molecule has 2 N–H and O–H groups in total. The van der Waals surface area contributed by atoms with Crippen molar-refractivity contribution in [1.29, 1.82) is 0 Å². The van der Waals surface area contributed by atoms with Crippen LogP contribution in [0.15, 0.2) is 24.3 Å². The van der Waals surface area contributed by atoms with Crippen LogP contribution in [-0.2, 0) is 16.1 Å². The molecule has 0 saturated carbocycles. The lowest BCUT2D eigenvalue weighted by Crippen LogP contribution is -2.28. The molecule has 6 nitrogen and oxygen atoms in total. The van der Waals surface area contributed by atoms with Gasteiger partial charge in [0.05, 0.1) is 5.69 Å². The first kappa shape index (κ1) is 17.0. The summed E-state index contributed by atoms with van der Waals surface area (Å²) in [6, 6.07) is 7.79. The van der Waals surface area contributed by atoms with Gasteiger partial charge in [-0.25, -0.2) is 4.79 Å². The second-order valence-corrected chi connectivity index (χ2v) is 5.77. The SMILES string of the molecule is CNc1snc(C)c1C(=O)OCC(=O)NCc1ccccc1C. The van der Waals surface area contributed by atoms with E-state index in [1.165, 1.54) is 11.5 Å². The van der Waals surface area contributed by atoms with Crippen LogP contribution in [0.2, 0.25) is 0 Å².